The fourth-order valence-corrected chi connectivity index (χ4v) is 3.11. The molecule has 0 aliphatic rings. The van der Waals surface area contributed by atoms with Crippen molar-refractivity contribution in [1.29, 1.82) is 0 Å². The minimum atomic E-state index is -0.228. The zero-order valence-corrected chi connectivity index (χ0v) is 16.3. The molecule has 28 heavy (non-hydrogen) atoms. The summed E-state index contributed by atoms with van der Waals surface area (Å²) in [6.45, 7) is 5.66. The fraction of sp³-hybridized carbons (Fsp3) is 0.227. The van der Waals surface area contributed by atoms with Gasteiger partial charge in [-0.2, -0.15) is 5.10 Å². The maximum absolute atomic E-state index is 12.9. The Morgan fingerprint density at radius 2 is 1.64 bits per heavy atom. The summed E-state index contributed by atoms with van der Waals surface area (Å²) < 4.78 is 1.77. The number of aromatic nitrogens is 2. The first kappa shape index (κ1) is 19.4. The molecule has 0 saturated carbocycles. The van der Waals surface area contributed by atoms with Crippen LogP contribution in [-0.4, -0.2) is 21.6 Å². The topological polar surface area (TPSA) is 76.0 Å². The molecule has 0 bridgehead atoms. The summed E-state index contributed by atoms with van der Waals surface area (Å²) >= 11 is 0. The minimum absolute atomic E-state index is 0.0400. The average Bonchev–Trinajstić information content (AvgIpc) is 2.97. The van der Waals surface area contributed by atoms with Gasteiger partial charge in [-0.25, -0.2) is 4.68 Å². The van der Waals surface area contributed by atoms with Gasteiger partial charge in [-0.3, -0.25) is 9.59 Å². The van der Waals surface area contributed by atoms with Crippen LogP contribution >= 0.6 is 0 Å². The van der Waals surface area contributed by atoms with Crippen LogP contribution in [0.4, 0.5) is 11.4 Å². The number of carbonyl (C=O) groups excluding carboxylic acids is 2. The van der Waals surface area contributed by atoms with E-state index in [2.05, 4.69) is 15.7 Å². The zero-order chi connectivity index (χ0) is 20.1. The molecule has 1 aromatic heterocycles. The number of rotatable bonds is 6. The van der Waals surface area contributed by atoms with Crippen molar-refractivity contribution in [3.05, 3.63) is 71.5 Å². The van der Waals surface area contributed by atoms with E-state index in [1.807, 2.05) is 51.1 Å². The zero-order valence-electron chi connectivity index (χ0n) is 16.3. The highest BCUT2D eigenvalue weighted by Gasteiger charge is 2.19. The number of para-hydroxylation sites is 1. The molecule has 6 heteroatoms. The van der Waals surface area contributed by atoms with E-state index in [1.165, 1.54) is 0 Å². The Balaban J connectivity index is 1.81. The van der Waals surface area contributed by atoms with Crippen LogP contribution in [0.2, 0.25) is 0 Å². The number of amides is 2. The third-order valence-electron chi connectivity index (χ3n) is 4.40. The van der Waals surface area contributed by atoms with Crippen molar-refractivity contribution < 1.29 is 9.59 Å². The lowest BCUT2D eigenvalue weighted by Crippen LogP contribution is -2.15. The number of anilines is 2. The normalized spacial score (nSPS) is 10.5. The van der Waals surface area contributed by atoms with Crippen molar-refractivity contribution in [3.63, 3.8) is 0 Å². The molecule has 2 amide bonds. The van der Waals surface area contributed by atoms with E-state index in [0.29, 0.717) is 29.1 Å². The monoisotopic (exact) mass is 376 g/mol. The molecule has 0 unspecified atom stereocenters. The smallest absolute Gasteiger partial charge is 0.259 e. The van der Waals surface area contributed by atoms with Crippen molar-refractivity contribution >= 4 is 23.2 Å². The van der Waals surface area contributed by atoms with Gasteiger partial charge in [0.25, 0.3) is 5.91 Å². The summed E-state index contributed by atoms with van der Waals surface area (Å²) in [5, 5.41) is 10.3. The molecule has 0 saturated heterocycles. The number of nitrogens with zero attached hydrogens (tertiary/aromatic N) is 2. The van der Waals surface area contributed by atoms with Crippen molar-refractivity contribution in [2.75, 3.05) is 10.6 Å². The van der Waals surface area contributed by atoms with E-state index >= 15 is 0 Å². The van der Waals surface area contributed by atoms with Crippen LogP contribution in [0.25, 0.3) is 5.69 Å². The Bertz CT molecular complexity index is 993. The molecule has 0 aliphatic carbocycles. The largest absolute Gasteiger partial charge is 0.326 e. The van der Waals surface area contributed by atoms with Gasteiger partial charge in [0.15, 0.2) is 0 Å². The van der Waals surface area contributed by atoms with Crippen molar-refractivity contribution in [2.24, 2.45) is 0 Å². The van der Waals surface area contributed by atoms with E-state index < -0.39 is 0 Å². The number of aryl methyl sites for hydroxylation is 1. The fourth-order valence-electron chi connectivity index (χ4n) is 3.11. The molecule has 2 N–H and O–H groups in total. The Labute approximate surface area is 164 Å². The molecule has 0 radical (unpaired) electrons. The molecule has 1 heterocycles. The summed E-state index contributed by atoms with van der Waals surface area (Å²) in [5.41, 5.74) is 4.15. The third kappa shape index (κ3) is 4.28. The summed E-state index contributed by atoms with van der Waals surface area (Å²) in [6.07, 6.45) is 1.25. The molecule has 144 valence electrons. The Hall–Kier alpha value is -3.41. The van der Waals surface area contributed by atoms with Gasteiger partial charge in [-0.05, 0) is 50.6 Å². The van der Waals surface area contributed by atoms with E-state index in [0.717, 1.165) is 17.8 Å². The highest BCUT2D eigenvalue weighted by molar-refractivity contribution is 6.06. The molecule has 6 nitrogen and oxygen atoms in total. The number of hydrogen-bond donors (Lipinski definition) is 2. The molecule has 2 aromatic carbocycles. The van der Waals surface area contributed by atoms with E-state index in [9.17, 15) is 9.59 Å². The van der Waals surface area contributed by atoms with Crippen LogP contribution < -0.4 is 10.6 Å². The highest BCUT2D eigenvalue weighted by atomic mass is 16.2. The average molecular weight is 376 g/mol. The van der Waals surface area contributed by atoms with Crippen LogP contribution in [0.1, 0.15) is 41.5 Å². The number of benzene rings is 2. The van der Waals surface area contributed by atoms with Gasteiger partial charge in [0.05, 0.1) is 22.6 Å². The van der Waals surface area contributed by atoms with E-state index in [4.69, 9.17) is 0 Å². The van der Waals surface area contributed by atoms with Gasteiger partial charge in [0.2, 0.25) is 5.91 Å². The number of hydrogen-bond acceptors (Lipinski definition) is 3. The first-order chi connectivity index (χ1) is 13.5. The van der Waals surface area contributed by atoms with Gasteiger partial charge in [-0.1, -0.05) is 31.2 Å². The second-order valence-electron chi connectivity index (χ2n) is 6.63. The number of nitrogens with one attached hydrogen (secondary N) is 2. The Morgan fingerprint density at radius 3 is 2.32 bits per heavy atom. The van der Waals surface area contributed by atoms with Gasteiger partial charge >= 0.3 is 0 Å². The lowest BCUT2D eigenvalue weighted by atomic mass is 10.1. The molecule has 0 aliphatic heterocycles. The standard InChI is InChI=1S/C22H24N4O2/c1-4-9-20(27)23-17-10-8-11-18(14-17)24-22(28)21-15(2)25-26(16(21)3)19-12-6-5-7-13-19/h5-8,10-14H,4,9H2,1-3H3,(H,23,27)(H,24,28). The SMILES string of the molecule is CCCC(=O)Nc1cccc(NC(=O)c2c(C)nn(-c3ccccc3)c2C)c1. The molecule has 0 atom stereocenters. The number of carbonyl (C=O) groups is 2. The Kier molecular flexibility index (Phi) is 5.89. The van der Waals surface area contributed by atoms with Crippen LogP contribution in [0, 0.1) is 13.8 Å². The van der Waals surface area contributed by atoms with Gasteiger partial charge < -0.3 is 10.6 Å². The molecular formula is C22H24N4O2. The van der Waals surface area contributed by atoms with Gasteiger partial charge in [0, 0.05) is 17.8 Å². The van der Waals surface area contributed by atoms with E-state index in [1.54, 1.807) is 28.9 Å². The molecular weight excluding hydrogens is 352 g/mol. The van der Waals surface area contributed by atoms with Crippen LogP contribution in [0.15, 0.2) is 54.6 Å². The summed E-state index contributed by atoms with van der Waals surface area (Å²) in [4.78, 5) is 24.7. The summed E-state index contributed by atoms with van der Waals surface area (Å²) in [5.74, 6) is -0.268. The van der Waals surface area contributed by atoms with Crippen molar-refractivity contribution in [2.45, 2.75) is 33.6 Å². The van der Waals surface area contributed by atoms with Crippen LogP contribution in [-0.2, 0) is 4.79 Å². The van der Waals surface area contributed by atoms with Gasteiger partial charge in [-0.15, -0.1) is 0 Å². The van der Waals surface area contributed by atoms with Gasteiger partial charge in [0.1, 0.15) is 0 Å². The first-order valence-electron chi connectivity index (χ1n) is 9.32. The lowest BCUT2D eigenvalue weighted by molar-refractivity contribution is -0.116. The van der Waals surface area contributed by atoms with Crippen LogP contribution in [0.5, 0.6) is 0 Å². The Morgan fingerprint density at radius 1 is 0.964 bits per heavy atom. The van der Waals surface area contributed by atoms with Crippen molar-refractivity contribution in [3.8, 4) is 5.69 Å². The third-order valence-corrected chi connectivity index (χ3v) is 4.40. The highest BCUT2D eigenvalue weighted by Crippen LogP contribution is 2.21. The molecule has 0 fully saturated rings. The maximum atomic E-state index is 12.9. The predicted molar refractivity (Wildman–Crippen MR) is 111 cm³/mol. The summed E-state index contributed by atoms with van der Waals surface area (Å²) in [7, 11) is 0. The quantitative estimate of drug-likeness (QED) is 0.666. The van der Waals surface area contributed by atoms with Crippen molar-refractivity contribution in [1.82, 2.24) is 9.78 Å². The first-order valence-corrected chi connectivity index (χ1v) is 9.32. The predicted octanol–water partition coefficient (Wildman–Crippen LogP) is 4.48. The minimum Gasteiger partial charge on any atom is -0.326 e. The second kappa shape index (κ2) is 8.52. The molecule has 3 rings (SSSR count). The maximum Gasteiger partial charge on any atom is 0.259 e. The summed E-state index contributed by atoms with van der Waals surface area (Å²) in [6, 6.07) is 16.8. The molecule has 0 spiro atoms. The second-order valence-corrected chi connectivity index (χ2v) is 6.63. The molecule has 3 aromatic rings. The lowest BCUT2D eigenvalue weighted by Gasteiger charge is -2.09. The van der Waals surface area contributed by atoms with E-state index in [-0.39, 0.29) is 11.8 Å². The van der Waals surface area contributed by atoms with Crippen LogP contribution in [0.3, 0.4) is 0 Å².